The van der Waals surface area contributed by atoms with E-state index in [-0.39, 0.29) is 29.5 Å². The Hall–Kier alpha value is -2.42. The first-order valence-electron chi connectivity index (χ1n) is 13.1. The van der Waals surface area contributed by atoms with Gasteiger partial charge in [0.2, 0.25) is 11.9 Å². The first-order valence-corrected chi connectivity index (χ1v) is 13.1. The molecule has 6 aliphatic rings. The number of carbonyl (C=O) groups excluding carboxylic acids is 2. The molecule has 7 rings (SSSR count). The van der Waals surface area contributed by atoms with Crippen LogP contribution in [0.5, 0.6) is 0 Å². The van der Waals surface area contributed by atoms with E-state index in [9.17, 15) is 14.7 Å². The normalized spacial score (nSPS) is 37.1. The molecule has 2 N–H and O–H groups in total. The Morgan fingerprint density at radius 1 is 0.971 bits per heavy atom. The lowest BCUT2D eigenvalue weighted by Gasteiger charge is -2.58. The van der Waals surface area contributed by atoms with E-state index in [1.165, 1.54) is 0 Å². The lowest BCUT2D eigenvalue weighted by molar-refractivity contribution is -0.163. The van der Waals surface area contributed by atoms with E-state index >= 15 is 0 Å². The van der Waals surface area contributed by atoms with E-state index in [4.69, 9.17) is 0 Å². The molecule has 0 spiro atoms. The van der Waals surface area contributed by atoms with Crippen molar-refractivity contribution in [3.8, 4) is 0 Å². The summed E-state index contributed by atoms with van der Waals surface area (Å²) in [4.78, 5) is 41.3. The number of anilines is 1. The molecule has 6 atom stereocenters. The number of likely N-dealkylation sites (tertiary alicyclic amines) is 1. The van der Waals surface area contributed by atoms with Crippen LogP contribution >= 0.6 is 0 Å². The molecule has 3 heterocycles. The minimum Gasteiger partial charge on any atom is -0.393 e. The molecule has 2 aliphatic heterocycles. The maximum Gasteiger partial charge on any atom is 0.320 e. The van der Waals surface area contributed by atoms with E-state index in [2.05, 4.69) is 20.2 Å². The lowest BCUT2D eigenvalue weighted by atomic mass is 9.48. The van der Waals surface area contributed by atoms with Crippen molar-refractivity contribution < 1.29 is 14.7 Å². The van der Waals surface area contributed by atoms with Crippen LogP contribution in [0.25, 0.3) is 0 Å². The second-order valence-corrected chi connectivity index (χ2v) is 11.3. The van der Waals surface area contributed by atoms with Crippen molar-refractivity contribution in [2.45, 2.75) is 57.1 Å². The minimum atomic E-state index is -0.294. The van der Waals surface area contributed by atoms with Crippen LogP contribution in [-0.2, 0) is 4.79 Å². The van der Waals surface area contributed by atoms with Crippen molar-refractivity contribution >= 4 is 17.9 Å². The predicted molar refractivity (Wildman–Crippen MR) is 126 cm³/mol. The SMILES string of the molecule is O=C(N1CCN(c2ncccn2)CC1)N1CCC[C@H](NC(=O)[C@@]23CC4CC(C2)C(O)[C@H](C4)C3)C1. The second kappa shape index (κ2) is 8.66. The van der Waals surface area contributed by atoms with Crippen LogP contribution in [0.1, 0.15) is 44.9 Å². The van der Waals surface area contributed by atoms with E-state index in [0.29, 0.717) is 43.3 Å². The number of rotatable bonds is 3. The molecule has 3 unspecified atom stereocenters. The summed E-state index contributed by atoms with van der Waals surface area (Å²) in [6.45, 7) is 4.09. The summed E-state index contributed by atoms with van der Waals surface area (Å²) < 4.78 is 0. The molecule has 3 amide bonds. The quantitative estimate of drug-likeness (QED) is 0.697. The Kier molecular flexibility index (Phi) is 5.62. The smallest absolute Gasteiger partial charge is 0.320 e. The number of aliphatic hydroxyl groups excluding tert-OH is 1. The largest absolute Gasteiger partial charge is 0.393 e. The van der Waals surface area contributed by atoms with Gasteiger partial charge in [0.25, 0.3) is 0 Å². The molecule has 4 bridgehead atoms. The van der Waals surface area contributed by atoms with Gasteiger partial charge in [0.05, 0.1) is 11.5 Å². The van der Waals surface area contributed by atoms with E-state index in [1.807, 2.05) is 9.80 Å². The Morgan fingerprint density at radius 3 is 2.38 bits per heavy atom. The summed E-state index contributed by atoms with van der Waals surface area (Å²) in [5.74, 6) is 2.07. The summed E-state index contributed by atoms with van der Waals surface area (Å²) in [6.07, 6.45) is 9.91. The van der Waals surface area contributed by atoms with Crippen LogP contribution in [0.3, 0.4) is 0 Å². The molecule has 0 aromatic carbocycles. The fraction of sp³-hybridized carbons (Fsp3) is 0.760. The highest BCUT2D eigenvalue weighted by Crippen LogP contribution is 2.60. The fourth-order valence-corrected chi connectivity index (χ4v) is 7.64. The zero-order chi connectivity index (χ0) is 23.3. The third-order valence-corrected chi connectivity index (χ3v) is 9.12. The summed E-state index contributed by atoms with van der Waals surface area (Å²) >= 11 is 0. The molecular formula is C25H36N6O3. The molecule has 6 fully saturated rings. The second-order valence-electron chi connectivity index (χ2n) is 11.3. The highest BCUT2D eigenvalue weighted by atomic mass is 16.3. The number of carbonyl (C=O) groups is 2. The molecule has 9 nitrogen and oxygen atoms in total. The van der Waals surface area contributed by atoms with Gasteiger partial charge in [-0.15, -0.1) is 0 Å². The average molecular weight is 469 g/mol. The molecule has 0 radical (unpaired) electrons. The van der Waals surface area contributed by atoms with Crippen molar-refractivity contribution in [2.75, 3.05) is 44.2 Å². The summed E-state index contributed by atoms with van der Waals surface area (Å²) in [5.41, 5.74) is -0.294. The molecule has 4 saturated carbocycles. The highest BCUT2D eigenvalue weighted by Gasteiger charge is 2.58. The summed E-state index contributed by atoms with van der Waals surface area (Å²) in [6, 6.07) is 1.90. The molecule has 4 aliphatic carbocycles. The van der Waals surface area contributed by atoms with Crippen molar-refractivity contribution in [1.29, 1.82) is 0 Å². The first kappa shape index (κ1) is 22.1. The number of urea groups is 1. The molecule has 184 valence electrons. The van der Waals surface area contributed by atoms with Gasteiger partial charge >= 0.3 is 6.03 Å². The third kappa shape index (κ3) is 3.91. The number of nitrogens with one attached hydrogen (secondary N) is 1. The minimum absolute atomic E-state index is 0.0159. The monoisotopic (exact) mass is 468 g/mol. The first-order chi connectivity index (χ1) is 16.5. The number of aliphatic hydroxyl groups is 1. The van der Waals surface area contributed by atoms with Crippen molar-refractivity contribution in [3.05, 3.63) is 18.5 Å². The van der Waals surface area contributed by atoms with Gasteiger partial charge in [-0.1, -0.05) is 0 Å². The molecule has 2 saturated heterocycles. The topological polar surface area (TPSA) is 102 Å². The Morgan fingerprint density at radius 2 is 1.68 bits per heavy atom. The summed E-state index contributed by atoms with van der Waals surface area (Å²) in [7, 11) is 0. The van der Waals surface area contributed by atoms with Crippen LogP contribution in [0, 0.1) is 23.2 Å². The van der Waals surface area contributed by atoms with Gasteiger partial charge < -0.3 is 25.1 Å². The molecule has 1 aromatic rings. The van der Waals surface area contributed by atoms with E-state index in [0.717, 1.165) is 64.6 Å². The number of piperidine rings is 1. The van der Waals surface area contributed by atoms with Gasteiger partial charge in [-0.3, -0.25) is 4.79 Å². The zero-order valence-electron chi connectivity index (χ0n) is 19.8. The maximum absolute atomic E-state index is 13.5. The third-order valence-electron chi connectivity index (χ3n) is 9.12. The number of hydrogen-bond donors (Lipinski definition) is 2. The van der Waals surface area contributed by atoms with Gasteiger partial charge in [-0.05, 0) is 68.8 Å². The fourth-order valence-electron chi connectivity index (χ4n) is 7.64. The van der Waals surface area contributed by atoms with Crippen LogP contribution in [-0.4, -0.2) is 88.2 Å². The van der Waals surface area contributed by atoms with Crippen LogP contribution in [0.15, 0.2) is 18.5 Å². The molecule has 1 aromatic heterocycles. The average Bonchev–Trinajstić information content (AvgIpc) is 2.87. The van der Waals surface area contributed by atoms with Gasteiger partial charge in [0, 0.05) is 57.7 Å². The van der Waals surface area contributed by atoms with Crippen LogP contribution in [0.4, 0.5) is 10.7 Å². The van der Waals surface area contributed by atoms with Gasteiger partial charge in [-0.25, -0.2) is 14.8 Å². The Balaban J connectivity index is 1.04. The number of aromatic nitrogens is 2. The molecule has 34 heavy (non-hydrogen) atoms. The van der Waals surface area contributed by atoms with Gasteiger partial charge in [-0.2, -0.15) is 0 Å². The number of amides is 3. The van der Waals surface area contributed by atoms with Crippen molar-refractivity contribution in [1.82, 2.24) is 25.1 Å². The number of nitrogens with zero attached hydrogens (tertiary/aromatic N) is 5. The maximum atomic E-state index is 13.5. The predicted octanol–water partition coefficient (Wildman–Crippen LogP) is 1.49. The molecular weight excluding hydrogens is 432 g/mol. The number of hydrogen-bond acceptors (Lipinski definition) is 6. The van der Waals surface area contributed by atoms with Gasteiger partial charge in [0.1, 0.15) is 0 Å². The Labute approximate surface area is 200 Å². The highest BCUT2D eigenvalue weighted by molar-refractivity contribution is 5.83. The van der Waals surface area contributed by atoms with Crippen molar-refractivity contribution in [3.63, 3.8) is 0 Å². The van der Waals surface area contributed by atoms with Crippen molar-refractivity contribution in [2.24, 2.45) is 23.2 Å². The van der Waals surface area contributed by atoms with Crippen LogP contribution in [0.2, 0.25) is 0 Å². The standard InChI is InChI=1S/C25H36N6O3/c32-21-18-11-17-12-19(21)15-25(13-17,14-18)22(33)28-20-3-1-6-31(16-20)24(34)30-9-7-29(8-10-30)23-26-4-2-5-27-23/h2,4-5,17-21,32H,1,3,6-16H2,(H,28,33)/t17?,18-,19?,20+,21?,25-/m1/s1. The summed E-state index contributed by atoms with van der Waals surface area (Å²) in [5, 5.41) is 13.9. The van der Waals surface area contributed by atoms with Gasteiger partial charge in [0.15, 0.2) is 0 Å². The lowest BCUT2D eigenvalue weighted by Crippen LogP contribution is -2.61. The Bertz CT molecular complexity index is 904. The van der Waals surface area contributed by atoms with E-state index < -0.39 is 0 Å². The number of piperazine rings is 1. The molecule has 9 heteroatoms. The van der Waals surface area contributed by atoms with Crippen LogP contribution < -0.4 is 10.2 Å². The van der Waals surface area contributed by atoms with E-state index in [1.54, 1.807) is 18.5 Å². The zero-order valence-corrected chi connectivity index (χ0v) is 19.8.